The average molecular weight is 380 g/mol. The third kappa shape index (κ3) is 3.59. The average Bonchev–Trinajstić information content (AvgIpc) is 2.41. The Hall–Kier alpha value is -1.31. The van der Waals surface area contributed by atoms with Gasteiger partial charge in [-0.25, -0.2) is 0 Å². The van der Waals surface area contributed by atoms with Crippen molar-refractivity contribution >= 4 is 37.5 Å². The molecular formula is C15H12Br2N2. The van der Waals surface area contributed by atoms with Gasteiger partial charge in [0.1, 0.15) is 6.07 Å². The molecule has 2 rings (SSSR count). The summed E-state index contributed by atoms with van der Waals surface area (Å²) in [4.78, 5) is 0. The topological polar surface area (TPSA) is 35.8 Å². The molecule has 0 aromatic heterocycles. The van der Waals surface area contributed by atoms with Crippen LogP contribution in [0.25, 0.3) is 0 Å². The lowest BCUT2D eigenvalue weighted by atomic mass is 10.1. The van der Waals surface area contributed by atoms with E-state index in [-0.39, 0.29) is 6.04 Å². The van der Waals surface area contributed by atoms with Gasteiger partial charge in [-0.1, -0.05) is 44.0 Å². The summed E-state index contributed by atoms with van der Waals surface area (Å²) < 4.78 is 1.97. The predicted octanol–water partition coefficient (Wildman–Crippen LogP) is 5.26. The summed E-state index contributed by atoms with van der Waals surface area (Å²) in [6.45, 7) is 2.08. The Balaban J connectivity index is 2.21. The fourth-order valence-electron chi connectivity index (χ4n) is 1.80. The molecule has 0 radical (unpaired) electrons. The van der Waals surface area contributed by atoms with Crippen molar-refractivity contribution in [3.05, 3.63) is 62.5 Å². The van der Waals surface area contributed by atoms with Gasteiger partial charge in [-0.2, -0.15) is 5.26 Å². The summed E-state index contributed by atoms with van der Waals surface area (Å²) >= 11 is 6.80. The van der Waals surface area contributed by atoms with Crippen molar-refractivity contribution in [2.45, 2.75) is 13.0 Å². The van der Waals surface area contributed by atoms with Crippen molar-refractivity contribution in [3.8, 4) is 6.07 Å². The van der Waals surface area contributed by atoms with Crippen LogP contribution in [0.4, 0.5) is 5.69 Å². The van der Waals surface area contributed by atoms with Crippen LogP contribution in [0.5, 0.6) is 0 Å². The fraction of sp³-hybridized carbons (Fsp3) is 0.133. The van der Waals surface area contributed by atoms with Gasteiger partial charge in [0.2, 0.25) is 0 Å². The van der Waals surface area contributed by atoms with Crippen LogP contribution in [0.2, 0.25) is 0 Å². The van der Waals surface area contributed by atoms with E-state index in [0.717, 1.165) is 14.6 Å². The molecule has 96 valence electrons. The van der Waals surface area contributed by atoms with E-state index in [0.29, 0.717) is 5.56 Å². The van der Waals surface area contributed by atoms with Gasteiger partial charge in [-0.15, -0.1) is 0 Å². The summed E-state index contributed by atoms with van der Waals surface area (Å²) in [7, 11) is 0. The van der Waals surface area contributed by atoms with Crippen molar-refractivity contribution in [1.29, 1.82) is 5.26 Å². The van der Waals surface area contributed by atoms with Gasteiger partial charge in [-0.05, 0) is 42.8 Å². The molecule has 0 amide bonds. The highest BCUT2D eigenvalue weighted by Crippen LogP contribution is 2.25. The maximum absolute atomic E-state index is 9.15. The molecule has 0 saturated heterocycles. The number of nitrogens with one attached hydrogen (secondary N) is 1. The van der Waals surface area contributed by atoms with Crippen LogP contribution in [-0.2, 0) is 0 Å². The van der Waals surface area contributed by atoms with E-state index in [4.69, 9.17) is 5.26 Å². The maximum Gasteiger partial charge on any atom is 0.101 e. The number of halogens is 2. The van der Waals surface area contributed by atoms with Gasteiger partial charge < -0.3 is 5.32 Å². The predicted molar refractivity (Wildman–Crippen MR) is 85.0 cm³/mol. The lowest BCUT2D eigenvalue weighted by molar-refractivity contribution is 0.883. The van der Waals surface area contributed by atoms with Gasteiger partial charge in [0, 0.05) is 15.0 Å². The Bertz CT molecular complexity index is 615. The summed E-state index contributed by atoms with van der Waals surface area (Å²) in [5.41, 5.74) is 2.66. The molecule has 0 heterocycles. The number of hydrogen-bond donors (Lipinski definition) is 1. The number of hydrogen-bond acceptors (Lipinski definition) is 2. The highest BCUT2D eigenvalue weighted by Gasteiger charge is 2.08. The zero-order valence-corrected chi connectivity index (χ0v) is 13.5. The molecule has 0 saturated carbocycles. The molecular weight excluding hydrogens is 368 g/mol. The molecule has 0 aliphatic rings. The number of anilines is 1. The van der Waals surface area contributed by atoms with E-state index in [1.165, 1.54) is 5.56 Å². The highest BCUT2D eigenvalue weighted by molar-refractivity contribution is 9.10. The molecule has 0 aliphatic carbocycles. The molecule has 2 aromatic carbocycles. The van der Waals surface area contributed by atoms with Crippen LogP contribution in [0, 0.1) is 11.3 Å². The quantitative estimate of drug-likeness (QED) is 0.789. The Kier molecular flexibility index (Phi) is 4.62. The van der Waals surface area contributed by atoms with E-state index in [2.05, 4.69) is 62.3 Å². The maximum atomic E-state index is 9.15. The second kappa shape index (κ2) is 6.23. The van der Waals surface area contributed by atoms with Crippen molar-refractivity contribution in [2.24, 2.45) is 0 Å². The molecule has 1 N–H and O–H groups in total. The second-order valence-corrected chi connectivity index (χ2v) is 6.05. The Labute approximate surface area is 129 Å². The van der Waals surface area contributed by atoms with Crippen LogP contribution >= 0.6 is 31.9 Å². The smallest absolute Gasteiger partial charge is 0.101 e. The van der Waals surface area contributed by atoms with Crippen LogP contribution in [0.3, 0.4) is 0 Å². The van der Waals surface area contributed by atoms with Crippen molar-refractivity contribution in [3.63, 3.8) is 0 Å². The first kappa shape index (κ1) is 14.1. The summed E-state index contributed by atoms with van der Waals surface area (Å²) in [6, 6.07) is 16.2. The Morgan fingerprint density at radius 3 is 2.32 bits per heavy atom. The van der Waals surface area contributed by atoms with E-state index in [9.17, 15) is 0 Å². The molecule has 0 bridgehead atoms. The number of benzene rings is 2. The van der Waals surface area contributed by atoms with Gasteiger partial charge in [-0.3, -0.25) is 0 Å². The van der Waals surface area contributed by atoms with Crippen LogP contribution in [-0.4, -0.2) is 0 Å². The third-order valence-corrected chi connectivity index (χ3v) is 3.87. The zero-order valence-electron chi connectivity index (χ0n) is 10.3. The van der Waals surface area contributed by atoms with Crippen LogP contribution < -0.4 is 5.32 Å². The molecule has 0 spiro atoms. The van der Waals surface area contributed by atoms with Crippen molar-refractivity contribution in [1.82, 2.24) is 0 Å². The van der Waals surface area contributed by atoms with E-state index in [1.54, 1.807) is 0 Å². The minimum atomic E-state index is 0.140. The third-order valence-electron chi connectivity index (χ3n) is 2.84. The van der Waals surface area contributed by atoms with Gasteiger partial charge in [0.25, 0.3) is 0 Å². The number of nitriles is 1. The molecule has 19 heavy (non-hydrogen) atoms. The first-order valence-electron chi connectivity index (χ1n) is 5.82. The molecule has 4 heteroatoms. The lowest BCUT2D eigenvalue weighted by Gasteiger charge is -2.17. The lowest BCUT2D eigenvalue weighted by Crippen LogP contribution is -2.07. The fourth-order valence-corrected chi connectivity index (χ4v) is 2.43. The van der Waals surface area contributed by atoms with E-state index in [1.807, 2.05) is 30.3 Å². The number of nitrogens with zero attached hydrogens (tertiary/aromatic N) is 1. The summed E-state index contributed by atoms with van der Waals surface area (Å²) in [6.07, 6.45) is 0. The van der Waals surface area contributed by atoms with Gasteiger partial charge >= 0.3 is 0 Å². The summed E-state index contributed by atoms with van der Waals surface area (Å²) in [5.74, 6) is 0. The number of rotatable bonds is 3. The van der Waals surface area contributed by atoms with Gasteiger partial charge in [0.15, 0.2) is 0 Å². The minimum Gasteiger partial charge on any atom is -0.377 e. The molecule has 0 aliphatic heterocycles. The minimum absolute atomic E-state index is 0.140. The monoisotopic (exact) mass is 378 g/mol. The van der Waals surface area contributed by atoms with Gasteiger partial charge in [0.05, 0.1) is 11.3 Å². The Morgan fingerprint density at radius 2 is 1.68 bits per heavy atom. The van der Waals surface area contributed by atoms with Crippen LogP contribution in [0.15, 0.2) is 51.4 Å². The first-order chi connectivity index (χ1) is 9.10. The molecule has 2 nitrogen and oxygen atoms in total. The first-order valence-corrected chi connectivity index (χ1v) is 7.40. The molecule has 0 fully saturated rings. The standard InChI is InChI=1S/C15H12Br2N2/c1-10(11-2-4-13(16)5-3-11)19-15-7-6-14(17)8-12(15)9-18/h2-8,10,19H,1H3. The second-order valence-electron chi connectivity index (χ2n) is 4.22. The zero-order chi connectivity index (χ0) is 13.8. The van der Waals surface area contributed by atoms with Crippen molar-refractivity contribution in [2.75, 3.05) is 5.32 Å². The summed E-state index contributed by atoms with van der Waals surface area (Å²) in [5, 5.41) is 12.5. The molecule has 1 unspecified atom stereocenters. The molecule has 2 aromatic rings. The SMILES string of the molecule is CC(Nc1ccc(Br)cc1C#N)c1ccc(Br)cc1. The molecule has 1 atom stereocenters. The normalized spacial score (nSPS) is 11.7. The van der Waals surface area contributed by atoms with E-state index >= 15 is 0 Å². The van der Waals surface area contributed by atoms with Crippen molar-refractivity contribution < 1.29 is 0 Å². The van der Waals surface area contributed by atoms with E-state index < -0.39 is 0 Å². The largest absolute Gasteiger partial charge is 0.377 e. The highest BCUT2D eigenvalue weighted by atomic mass is 79.9. The Morgan fingerprint density at radius 1 is 1.05 bits per heavy atom. The van der Waals surface area contributed by atoms with Crippen LogP contribution in [0.1, 0.15) is 24.1 Å².